The number of hydrogen-bond donors (Lipinski definition) is 1. The minimum Gasteiger partial charge on any atom is -0.379 e. The Kier molecular flexibility index (Phi) is 3.50. The van der Waals surface area contributed by atoms with Gasteiger partial charge in [-0.3, -0.25) is 4.90 Å². The monoisotopic (exact) mass is 260 g/mol. The number of hydrogen-bond acceptors (Lipinski definition) is 4. The predicted octanol–water partition coefficient (Wildman–Crippen LogP) is 0.975. The molecule has 1 aliphatic heterocycles. The minimum absolute atomic E-state index is 0.0181. The molecule has 0 bridgehead atoms. The van der Waals surface area contributed by atoms with E-state index in [-0.39, 0.29) is 6.04 Å². The van der Waals surface area contributed by atoms with Crippen molar-refractivity contribution in [3.63, 3.8) is 0 Å². The molecular weight excluding hydrogens is 240 g/mol. The fraction of sp³-hybridized carbons (Fsp3) is 0.500. The number of rotatable bonds is 3. The maximum absolute atomic E-state index is 6.39. The van der Waals surface area contributed by atoms with Crippen molar-refractivity contribution in [2.75, 3.05) is 32.8 Å². The Labute approximate surface area is 113 Å². The zero-order valence-electron chi connectivity index (χ0n) is 11.2. The van der Waals surface area contributed by atoms with Gasteiger partial charge in [0.2, 0.25) is 0 Å². The molecule has 0 amide bonds. The van der Waals surface area contributed by atoms with Crippen LogP contribution >= 0.6 is 0 Å². The number of fused-ring (bicyclic) bond motifs is 1. The molecule has 1 saturated heterocycles. The summed E-state index contributed by atoms with van der Waals surface area (Å²) in [5.74, 6) is 0. The smallest absolute Gasteiger partial charge is 0.137 e. The Balaban J connectivity index is 1.84. The predicted molar refractivity (Wildman–Crippen MR) is 74.1 cm³/mol. The molecule has 1 aliphatic rings. The lowest BCUT2D eigenvalue weighted by molar-refractivity contribution is 0.0350. The van der Waals surface area contributed by atoms with Crippen LogP contribution in [0.1, 0.15) is 17.4 Å². The third-order valence-corrected chi connectivity index (χ3v) is 3.66. The molecule has 19 heavy (non-hydrogen) atoms. The third kappa shape index (κ3) is 2.49. The van der Waals surface area contributed by atoms with Gasteiger partial charge in [-0.1, -0.05) is 6.07 Å². The molecule has 0 aromatic carbocycles. The van der Waals surface area contributed by atoms with Gasteiger partial charge in [0.25, 0.3) is 0 Å². The standard InChI is InChI=1S/C14H20N4O/c1-11-14(18-5-3-2-4-13(18)16-11)12(15)10-17-6-8-19-9-7-17/h2-5,12H,6-10,15H2,1H3. The number of ether oxygens (including phenoxy) is 1. The SMILES string of the molecule is Cc1nc2ccccn2c1C(N)CN1CCOCC1. The van der Waals surface area contributed by atoms with Crippen molar-refractivity contribution in [2.24, 2.45) is 5.73 Å². The highest BCUT2D eigenvalue weighted by atomic mass is 16.5. The Hall–Kier alpha value is -1.43. The third-order valence-electron chi connectivity index (χ3n) is 3.66. The zero-order chi connectivity index (χ0) is 13.2. The van der Waals surface area contributed by atoms with E-state index in [1.165, 1.54) is 0 Å². The lowest BCUT2D eigenvalue weighted by atomic mass is 10.1. The largest absolute Gasteiger partial charge is 0.379 e. The number of morpholine rings is 1. The summed E-state index contributed by atoms with van der Waals surface area (Å²) < 4.78 is 7.46. The second-order valence-corrected chi connectivity index (χ2v) is 5.03. The summed E-state index contributed by atoms with van der Waals surface area (Å²) in [5.41, 5.74) is 9.49. The van der Waals surface area contributed by atoms with Crippen molar-refractivity contribution in [3.05, 3.63) is 35.8 Å². The number of pyridine rings is 1. The van der Waals surface area contributed by atoms with Gasteiger partial charge in [0.05, 0.1) is 30.6 Å². The zero-order valence-corrected chi connectivity index (χ0v) is 11.2. The van der Waals surface area contributed by atoms with Crippen LogP contribution in [0, 0.1) is 6.92 Å². The first-order valence-corrected chi connectivity index (χ1v) is 6.75. The van der Waals surface area contributed by atoms with E-state index in [2.05, 4.69) is 14.3 Å². The van der Waals surface area contributed by atoms with Gasteiger partial charge in [0, 0.05) is 25.8 Å². The lowest BCUT2D eigenvalue weighted by Crippen LogP contribution is -2.40. The molecule has 1 unspecified atom stereocenters. The van der Waals surface area contributed by atoms with Gasteiger partial charge in [-0.2, -0.15) is 0 Å². The Morgan fingerprint density at radius 3 is 2.95 bits per heavy atom. The average Bonchev–Trinajstić information content (AvgIpc) is 2.75. The number of aryl methyl sites for hydroxylation is 1. The van der Waals surface area contributed by atoms with Gasteiger partial charge in [-0.25, -0.2) is 4.98 Å². The molecule has 5 heteroatoms. The van der Waals surface area contributed by atoms with E-state index in [9.17, 15) is 0 Å². The minimum atomic E-state index is -0.0181. The molecule has 1 fully saturated rings. The van der Waals surface area contributed by atoms with Crippen LogP contribution < -0.4 is 5.73 Å². The van der Waals surface area contributed by atoms with Crippen molar-refractivity contribution < 1.29 is 4.74 Å². The fourth-order valence-electron chi connectivity index (χ4n) is 2.73. The molecule has 0 spiro atoms. The molecule has 0 aliphatic carbocycles. The summed E-state index contributed by atoms with van der Waals surface area (Å²) in [4.78, 5) is 6.92. The van der Waals surface area contributed by atoms with E-state index < -0.39 is 0 Å². The van der Waals surface area contributed by atoms with Gasteiger partial charge in [-0.05, 0) is 19.1 Å². The van der Waals surface area contributed by atoms with Gasteiger partial charge in [0.15, 0.2) is 0 Å². The summed E-state index contributed by atoms with van der Waals surface area (Å²) in [6.45, 7) is 6.42. The second kappa shape index (κ2) is 5.28. The first-order valence-electron chi connectivity index (χ1n) is 6.75. The van der Waals surface area contributed by atoms with Crippen molar-refractivity contribution in [1.29, 1.82) is 0 Å². The first kappa shape index (κ1) is 12.6. The van der Waals surface area contributed by atoms with Crippen LogP contribution in [0.25, 0.3) is 5.65 Å². The van der Waals surface area contributed by atoms with Crippen molar-refractivity contribution in [1.82, 2.24) is 14.3 Å². The van der Waals surface area contributed by atoms with Crippen LogP contribution in [-0.4, -0.2) is 47.1 Å². The molecule has 0 radical (unpaired) electrons. The summed E-state index contributed by atoms with van der Waals surface area (Å²) in [5, 5.41) is 0. The number of nitrogens with zero attached hydrogens (tertiary/aromatic N) is 3. The fourth-order valence-corrected chi connectivity index (χ4v) is 2.73. The molecular formula is C14H20N4O. The van der Waals surface area contributed by atoms with Crippen LogP contribution in [0.15, 0.2) is 24.4 Å². The Morgan fingerprint density at radius 2 is 2.16 bits per heavy atom. The van der Waals surface area contributed by atoms with Gasteiger partial charge >= 0.3 is 0 Å². The van der Waals surface area contributed by atoms with Crippen molar-refractivity contribution >= 4 is 5.65 Å². The van der Waals surface area contributed by atoms with E-state index in [0.29, 0.717) is 0 Å². The normalized spacial score (nSPS) is 18.8. The Morgan fingerprint density at radius 1 is 1.37 bits per heavy atom. The van der Waals surface area contributed by atoms with Crippen LogP contribution in [0.2, 0.25) is 0 Å². The van der Waals surface area contributed by atoms with E-state index in [0.717, 1.165) is 49.9 Å². The van der Waals surface area contributed by atoms with Crippen LogP contribution in [0.4, 0.5) is 0 Å². The van der Waals surface area contributed by atoms with Crippen molar-refractivity contribution in [3.8, 4) is 0 Å². The highest BCUT2D eigenvalue weighted by Crippen LogP contribution is 2.19. The maximum atomic E-state index is 6.39. The number of aromatic nitrogens is 2. The lowest BCUT2D eigenvalue weighted by Gasteiger charge is -2.29. The second-order valence-electron chi connectivity index (χ2n) is 5.03. The van der Waals surface area contributed by atoms with E-state index in [1.807, 2.05) is 31.3 Å². The average molecular weight is 260 g/mol. The first-order chi connectivity index (χ1) is 9.25. The molecule has 2 aromatic rings. The quantitative estimate of drug-likeness (QED) is 0.893. The van der Waals surface area contributed by atoms with E-state index in [4.69, 9.17) is 10.5 Å². The summed E-state index contributed by atoms with van der Waals surface area (Å²) in [6.07, 6.45) is 2.03. The molecule has 0 saturated carbocycles. The van der Waals surface area contributed by atoms with E-state index in [1.54, 1.807) is 0 Å². The maximum Gasteiger partial charge on any atom is 0.137 e. The van der Waals surface area contributed by atoms with Crippen LogP contribution in [0.3, 0.4) is 0 Å². The summed E-state index contributed by atoms with van der Waals surface area (Å²) >= 11 is 0. The van der Waals surface area contributed by atoms with Crippen LogP contribution in [-0.2, 0) is 4.74 Å². The molecule has 1 atom stereocenters. The molecule has 102 valence electrons. The molecule has 5 nitrogen and oxygen atoms in total. The Bertz CT molecular complexity index is 560. The van der Waals surface area contributed by atoms with Crippen LogP contribution in [0.5, 0.6) is 0 Å². The van der Waals surface area contributed by atoms with Gasteiger partial charge in [-0.15, -0.1) is 0 Å². The van der Waals surface area contributed by atoms with Crippen molar-refractivity contribution in [2.45, 2.75) is 13.0 Å². The summed E-state index contributed by atoms with van der Waals surface area (Å²) in [6, 6.07) is 6.01. The molecule has 3 heterocycles. The van der Waals surface area contributed by atoms with E-state index >= 15 is 0 Å². The molecule has 3 rings (SSSR count). The van der Waals surface area contributed by atoms with Gasteiger partial charge in [0.1, 0.15) is 5.65 Å². The highest BCUT2D eigenvalue weighted by Gasteiger charge is 2.20. The molecule has 2 aromatic heterocycles. The number of nitrogens with two attached hydrogens (primary N) is 1. The van der Waals surface area contributed by atoms with Gasteiger partial charge < -0.3 is 14.9 Å². The molecule has 2 N–H and O–H groups in total. The number of imidazole rings is 1. The highest BCUT2D eigenvalue weighted by molar-refractivity contribution is 5.43. The topological polar surface area (TPSA) is 55.8 Å². The summed E-state index contributed by atoms with van der Waals surface area (Å²) in [7, 11) is 0.